The normalized spacial score (nSPS) is 10.3. The van der Waals surface area contributed by atoms with Gasteiger partial charge in [-0.3, -0.25) is 9.97 Å². The predicted molar refractivity (Wildman–Crippen MR) is 88.1 cm³/mol. The quantitative estimate of drug-likeness (QED) is 0.781. The fraction of sp³-hybridized carbons (Fsp3) is 0.176. The zero-order chi connectivity index (χ0) is 16.1. The summed E-state index contributed by atoms with van der Waals surface area (Å²) >= 11 is 0. The minimum Gasteiger partial charge on any atom is -0.497 e. The van der Waals surface area contributed by atoms with Gasteiger partial charge in [0.15, 0.2) is 0 Å². The number of ether oxygens (including phenoxy) is 1. The number of benzene rings is 1. The minimum absolute atomic E-state index is 0.537. The van der Waals surface area contributed by atoms with Gasteiger partial charge in [-0.1, -0.05) is 12.1 Å². The molecule has 23 heavy (non-hydrogen) atoms. The van der Waals surface area contributed by atoms with Crippen LogP contribution in [0.3, 0.4) is 0 Å². The first-order valence-corrected chi connectivity index (χ1v) is 7.22. The Morgan fingerprint density at radius 1 is 0.870 bits per heavy atom. The number of anilines is 1. The van der Waals surface area contributed by atoms with E-state index < -0.39 is 0 Å². The molecule has 1 aromatic carbocycles. The summed E-state index contributed by atoms with van der Waals surface area (Å²) in [4.78, 5) is 17.1. The Bertz CT molecular complexity index is 754. The van der Waals surface area contributed by atoms with Crippen LogP contribution in [0.25, 0.3) is 11.1 Å². The maximum absolute atomic E-state index is 5.15. The predicted octanol–water partition coefficient (Wildman–Crippen LogP) is 2.86. The monoisotopic (exact) mass is 307 g/mol. The van der Waals surface area contributed by atoms with Gasteiger partial charge in [0.05, 0.1) is 31.2 Å². The molecule has 6 nitrogen and oxygen atoms in total. The summed E-state index contributed by atoms with van der Waals surface area (Å²) < 4.78 is 5.15. The number of aryl methyl sites for hydroxylation is 1. The average molecular weight is 307 g/mol. The van der Waals surface area contributed by atoms with Crippen molar-refractivity contribution in [2.24, 2.45) is 0 Å². The van der Waals surface area contributed by atoms with E-state index in [0.717, 1.165) is 28.3 Å². The molecule has 0 aliphatic carbocycles. The molecule has 0 radical (unpaired) electrons. The van der Waals surface area contributed by atoms with Gasteiger partial charge in [0.1, 0.15) is 5.75 Å². The molecule has 0 fully saturated rings. The third-order valence-electron chi connectivity index (χ3n) is 3.34. The van der Waals surface area contributed by atoms with E-state index in [4.69, 9.17) is 4.74 Å². The lowest BCUT2D eigenvalue weighted by atomic mass is 10.1. The highest BCUT2D eigenvalue weighted by atomic mass is 16.5. The van der Waals surface area contributed by atoms with Crippen molar-refractivity contribution in [3.63, 3.8) is 0 Å². The molecular weight excluding hydrogens is 290 g/mol. The molecule has 0 saturated heterocycles. The Labute approximate surface area is 134 Å². The van der Waals surface area contributed by atoms with Crippen molar-refractivity contribution in [2.45, 2.75) is 13.5 Å². The minimum atomic E-state index is 0.537. The molecule has 6 heteroatoms. The van der Waals surface area contributed by atoms with Crippen molar-refractivity contribution >= 4 is 5.95 Å². The molecule has 0 aliphatic heterocycles. The van der Waals surface area contributed by atoms with E-state index in [0.29, 0.717) is 12.5 Å². The standard InChI is InChI=1S/C17H17N5O/c1-12-7-19-15(10-18-12)11-22-17-20-8-14(9-21-17)13-3-5-16(23-2)6-4-13/h3-10H,11H2,1-2H3,(H,20,21,22). The maximum Gasteiger partial charge on any atom is 0.222 e. The van der Waals surface area contributed by atoms with Gasteiger partial charge in [0.2, 0.25) is 5.95 Å². The van der Waals surface area contributed by atoms with Crippen molar-refractivity contribution in [1.82, 2.24) is 19.9 Å². The first-order valence-electron chi connectivity index (χ1n) is 7.22. The summed E-state index contributed by atoms with van der Waals surface area (Å²) in [6.45, 7) is 2.44. The number of hydrogen-bond donors (Lipinski definition) is 1. The van der Waals surface area contributed by atoms with Gasteiger partial charge in [0, 0.05) is 24.2 Å². The second-order valence-electron chi connectivity index (χ2n) is 5.03. The highest BCUT2D eigenvalue weighted by molar-refractivity contribution is 5.62. The van der Waals surface area contributed by atoms with E-state index >= 15 is 0 Å². The molecule has 0 bridgehead atoms. The van der Waals surface area contributed by atoms with Crippen LogP contribution in [0.4, 0.5) is 5.95 Å². The number of aromatic nitrogens is 4. The van der Waals surface area contributed by atoms with Crippen LogP contribution >= 0.6 is 0 Å². The van der Waals surface area contributed by atoms with E-state index in [1.807, 2.05) is 31.2 Å². The third kappa shape index (κ3) is 3.79. The molecule has 0 aliphatic rings. The third-order valence-corrected chi connectivity index (χ3v) is 3.34. The SMILES string of the molecule is COc1ccc(-c2cnc(NCc3cnc(C)cn3)nc2)cc1. The van der Waals surface area contributed by atoms with Gasteiger partial charge >= 0.3 is 0 Å². The number of nitrogens with one attached hydrogen (secondary N) is 1. The second-order valence-corrected chi connectivity index (χ2v) is 5.03. The van der Waals surface area contributed by atoms with Crippen molar-refractivity contribution in [3.05, 3.63) is 60.4 Å². The van der Waals surface area contributed by atoms with Crippen LogP contribution in [0, 0.1) is 6.92 Å². The molecular formula is C17H17N5O. The zero-order valence-electron chi connectivity index (χ0n) is 13.0. The molecule has 3 aromatic rings. The molecule has 3 rings (SSSR count). The van der Waals surface area contributed by atoms with Crippen LogP contribution in [0.5, 0.6) is 5.75 Å². The second kappa shape index (κ2) is 6.83. The Morgan fingerprint density at radius 2 is 1.61 bits per heavy atom. The van der Waals surface area contributed by atoms with E-state index in [1.165, 1.54) is 0 Å². The maximum atomic E-state index is 5.15. The molecule has 116 valence electrons. The number of rotatable bonds is 5. The van der Waals surface area contributed by atoms with Gasteiger partial charge in [0.25, 0.3) is 0 Å². The fourth-order valence-corrected chi connectivity index (χ4v) is 2.03. The fourth-order valence-electron chi connectivity index (χ4n) is 2.03. The first-order chi connectivity index (χ1) is 11.2. The Morgan fingerprint density at radius 3 is 2.22 bits per heavy atom. The smallest absolute Gasteiger partial charge is 0.222 e. The average Bonchev–Trinajstić information content (AvgIpc) is 2.62. The molecule has 1 N–H and O–H groups in total. The van der Waals surface area contributed by atoms with Crippen LogP contribution in [-0.4, -0.2) is 27.0 Å². The summed E-state index contributed by atoms with van der Waals surface area (Å²) in [6.07, 6.45) is 7.06. The topological polar surface area (TPSA) is 72.8 Å². The van der Waals surface area contributed by atoms with Crippen molar-refractivity contribution < 1.29 is 4.74 Å². The Kier molecular flexibility index (Phi) is 4.42. The largest absolute Gasteiger partial charge is 0.497 e. The molecule has 0 amide bonds. The zero-order valence-corrected chi connectivity index (χ0v) is 13.0. The molecule has 0 unspecified atom stereocenters. The summed E-state index contributed by atoms with van der Waals surface area (Å²) in [5.41, 5.74) is 3.74. The lowest BCUT2D eigenvalue weighted by molar-refractivity contribution is 0.415. The van der Waals surface area contributed by atoms with E-state index in [9.17, 15) is 0 Å². The van der Waals surface area contributed by atoms with Gasteiger partial charge in [-0.15, -0.1) is 0 Å². The van der Waals surface area contributed by atoms with Gasteiger partial charge < -0.3 is 10.1 Å². The molecule has 0 atom stereocenters. The molecule has 0 spiro atoms. The van der Waals surface area contributed by atoms with Crippen LogP contribution in [0.1, 0.15) is 11.4 Å². The molecule has 2 aromatic heterocycles. The van der Waals surface area contributed by atoms with Crippen molar-refractivity contribution in [2.75, 3.05) is 12.4 Å². The van der Waals surface area contributed by atoms with Gasteiger partial charge in [-0.25, -0.2) is 9.97 Å². The van der Waals surface area contributed by atoms with Crippen LogP contribution in [0.2, 0.25) is 0 Å². The van der Waals surface area contributed by atoms with E-state index in [1.54, 1.807) is 31.9 Å². The first kappa shape index (κ1) is 14.9. The summed E-state index contributed by atoms with van der Waals surface area (Å²) in [6, 6.07) is 7.79. The number of nitrogens with zero attached hydrogens (tertiary/aromatic N) is 4. The van der Waals surface area contributed by atoms with Crippen molar-refractivity contribution in [3.8, 4) is 16.9 Å². The lowest BCUT2D eigenvalue weighted by Gasteiger charge is -2.06. The number of methoxy groups -OCH3 is 1. The van der Waals surface area contributed by atoms with Crippen molar-refractivity contribution in [1.29, 1.82) is 0 Å². The molecule has 2 heterocycles. The Balaban J connectivity index is 1.65. The Hall–Kier alpha value is -3.02. The summed E-state index contributed by atoms with van der Waals surface area (Å²) in [7, 11) is 1.65. The summed E-state index contributed by atoms with van der Waals surface area (Å²) in [5.74, 6) is 1.39. The highest BCUT2D eigenvalue weighted by Gasteiger charge is 2.02. The van der Waals surface area contributed by atoms with Crippen LogP contribution in [-0.2, 0) is 6.54 Å². The highest BCUT2D eigenvalue weighted by Crippen LogP contribution is 2.21. The molecule has 0 saturated carbocycles. The van der Waals surface area contributed by atoms with E-state index in [2.05, 4.69) is 25.3 Å². The summed E-state index contributed by atoms with van der Waals surface area (Å²) in [5, 5.41) is 3.13. The number of hydrogen-bond acceptors (Lipinski definition) is 6. The lowest BCUT2D eigenvalue weighted by Crippen LogP contribution is -2.05. The van der Waals surface area contributed by atoms with E-state index in [-0.39, 0.29) is 0 Å². The van der Waals surface area contributed by atoms with Crippen LogP contribution in [0.15, 0.2) is 49.1 Å². The van der Waals surface area contributed by atoms with Gasteiger partial charge in [-0.2, -0.15) is 0 Å². The van der Waals surface area contributed by atoms with Crippen LogP contribution < -0.4 is 10.1 Å². The van der Waals surface area contributed by atoms with Gasteiger partial charge in [-0.05, 0) is 24.6 Å².